The van der Waals surface area contributed by atoms with Gasteiger partial charge < -0.3 is 20.1 Å². The maximum absolute atomic E-state index is 12.3. The van der Waals surface area contributed by atoms with Crippen LogP contribution in [0.2, 0.25) is 0 Å². The molecule has 4 rings (SSSR count). The van der Waals surface area contributed by atoms with Crippen LogP contribution < -0.4 is 20.1 Å². The van der Waals surface area contributed by atoms with Crippen LogP contribution in [0.1, 0.15) is 18.5 Å². The molecule has 0 radical (unpaired) electrons. The lowest BCUT2D eigenvalue weighted by Gasteiger charge is -2.14. The molecule has 0 saturated carbocycles. The van der Waals surface area contributed by atoms with Gasteiger partial charge in [-0.25, -0.2) is 0 Å². The Morgan fingerprint density at radius 2 is 1.88 bits per heavy atom. The third-order valence-corrected chi connectivity index (χ3v) is 4.63. The van der Waals surface area contributed by atoms with E-state index in [1.54, 1.807) is 12.1 Å². The Bertz CT molecular complexity index is 950. The number of nitrogens with one attached hydrogen (secondary N) is 1. The Hall–Kier alpha value is -3.05. The first kappa shape index (κ1) is 16.4. The predicted molar refractivity (Wildman–Crippen MR) is 100 cm³/mol. The topological polar surface area (TPSA) is 64.2 Å². The third-order valence-electron chi connectivity index (χ3n) is 4.63. The van der Waals surface area contributed by atoms with Crippen LogP contribution in [0.4, 0.5) is 5.69 Å². The summed E-state index contributed by atoms with van der Waals surface area (Å²) >= 11 is 0. The normalized spacial score (nSPS) is 13.6. The number of fused-ring (bicyclic) bond motifs is 2. The van der Waals surface area contributed by atoms with Crippen molar-refractivity contribution in [2.45, 2.75) is 13.0 Å². The van der Waals surface area contributed by atoms with E-state index >= 15 is 0 Å². The van der Waals surface area contributed by atoms with Gasteiger partial charge in [-0.2, -0.15) is 0 Å². The fraction of sp³-hybridized carbons (Fsp3) is 0.190. The van der Waals surface area contributed by atoms with Crippen LogP contribution in [-0.2, 0) is 4.79 Å². The largest absolute Gasteiger partial charge is 0.454 e. The Kier molecular flexibility index (Phi) is 4.46. The van der Waals surface area contributed by atoms with Gasteiger partial charge in [0.15, 0.2) is 18.0 Å². The first-order chi connectivity index (χ1) is 12.7. The number of amides is 1. The summed E-state index contributed by atoms with van der Waals surface area (Å²) in [5.41, 5.74) is 1.95. The number of benzene rings is 3. The van der Waals surface area contributed by atoms with Gasteiger partial charge in [0.2, 0.25) is 6.79 Å². The molecule has 0 saturated heterocycles. The standard InChI is InChI=1S/C21H20N2O3/c1-14(17-8-4-6-15-5-2-3-7-18(15)17)22-12-21(24)23-16-9-10-19-20(11-16)26-13-25-19/h2-11,14,22H,12-13H2,1H3,(H,23,24)/p+1/t14-/m0/s1. The molecule has 1 atom stereocenters. The average Bonchev–Trinajstić information content (AvgIpc) is 3.13. The minimum atomic E-state index is -0.0454. The van der Waals surface area contributed by atoms with Gasteiger partial charge in [-0.3, -0.25) is 4.79 Å². The minimum absolute atomic E-state index is 0.0454. The van der Waals surface area contributed by atoms with E-state index in [0.717, 1.165) is 0 Å². The summed E-state index contributed by atoms with van der Waals surface area (Å²) in [6.45, 7) is 2.69. The molecule has 0 fully saturated rings. The molecule has 3 aromatic rings. The predicted octanol–water partition coefficient (Wildman–Crippen LogP) is 2.83. The Balaban J connectivity index is 1.39. The molecule has 1 heterocycles. The number of ether oxygens (including phenoxy) is 2. The number of carbonyl (C=O) groups is 1. The molecule has 0 aromatic heterocycles. The fourth-order valence-corrected chi connectivity index (χ4v) is 3.24. The van der Waals surface area contributed by atoms with Crippen LogP contribution in [0, 0.1) is 0 Å². The second-order valence-corrected chi connectivity index (χ2v) is 6.41. The van der Waals surface area contributed by atoms with E-state index in [2.05, 4.69) is 42.6 Å². The van der Waals surface area contributed by atoms with E-state index in [-0.39, 0.29) is 18.7 Å². The highest BCUT2D eigenvalue weighted by Crippen LogP contribution is 2.34. The summed E-state index contributed by atoms with van der Waals surface area (Å²) in [5.74, 6) is 1.32. The van der Waals surface area contributed by atoms with Crippen molar-refractivity contribution in [2.75, 3.05) is 18.7 Å². The molecule has 0 unspecified atom stereocenters. The second-order valence-electron chi connectivity index (χ2n) is 6.41. The highest BCUT2D eigenvalue weighted by Gasteiger charge is 2.16. The monoisotopic (exact) mass is 349 g/mol. The van der Waals surface area contributed by atoms with Gasteiger partial charge in [-0.05, 0) is 29.8 Å². The van der Waals surface area contributed by atoms with Gasteiger partial charge in [-0.15, -0.1) is 0 Å². The molecule has 26 heavy (non-hydrogen) atoms. The van der Waals surface area contributed by atoms with Crippen molar-refractivity contribution >= 4 is 22.4 Å². The second kappa shape index (κ2) is 7.06. The van der Waals surface area contributed by atoms with Crippen molar-refractivity contribution in [2.24, 2.45) is 0 Å². The summed E-state index contributed by atoms with van der Waals surface area (Å²) in [6, 6.07) is 20.2. The molecule has 0 bridgehead atoms. The summed E-state index contributed by atoms with van der Waals surface area (Å²) in [5, 5.41) is 7.40. The summed E-state index contributed by atoms with van der Waals surface area (Å²) in [7, 11) is 0. The summed E-state index contributed by atoms with van der Waals surface area (Å²) < 4.78 is 10.6. The van der Waals surface area contributed by atoms with E-state index in [1.165, 1.54) is 16.3 Å². The van der Waals surface area contributed by atoms with Gasteiger partial charge in [0.25, 0.3) is 5.91 Å². The lowest BCUT2D eigenvalue weighted by molar-refractivity contribution is -0.682. The number of rotatable bonds is 5. The SMILES string of the molecule is C[C@H]([NH2+]CC(=O)Nc1ccc2c(c1)OCO2)c1cccc2ccccc12. The van der Waals surface area contributed by atoms with Gasteiger partial charge in [-0.1, -0.05) is 42.5 Å². The average molecular weight is 349 g/mol. The number of hydrogen-bond acceptors (Lipinski definition) is 3. The van der Waals surface area contributed by atoms with Crippen LogP contribution in [0.3, 0.4) is 0 Å². The van der Waals surface area contributed by atoms with Crippen molar-refractivity contribution in [3.63, 3.8) is 0 Å². The number of hydrogen-bond donors (Lipinski definition) is 2. The van der Waals surface area contributed by atoms with Crippen molar-refractivity contribution in [3.8, 4) is 11.5 Å². The molecule has 0 aliphatic carbocycles. The third kappa shape index (κ3) is 3.34. The number of quaternary nitrogens is 1. The quantitative estimate of drug-likeness (QED) is 0.744. The van der Waals surface area contributed by atoms with Gasteiger partial charge in [0, 0.05) is 17.3 Å². The van der Waals surface area contributed by atoms with E-state index in [1.807, 2.05) is 23.5 Å². The van der Waals surface area contributed by atoms with Crippen LogP contribution in [0.5, 0.6) is 11.5 Å². The zero-order valence-corrected chi connectivity index (χ0v) is 14.6. The molecular formula is C21H21N2O3+. The zero-order chi connectivity index (χ0) is 17.9. The van der Waals surface area contributed by atoms with Crippen molar-refractivity contribution in [3.05, 3.63) is 66.2 Å². The lowest BCUT2D eigenvalue weighted by atomic mass is 10.00. The number of nitrogens with two attached hydrogens (primary N) is 1. The van der Waals surface area contributed by atoms with Gasteiger partial charge in [0.1, 0.15) is 6.04 Å². The van der Waals surface area contributed by atoms with Crippen molar-refractivity contribution in [1.82, 2.24) is 0 Å². The number of carbonyl (C=O) groups excluding carboxylic acids is 1. The van der Waals surface area contributed by atoms with Crippen LogP contribution in [-0.4, -0.2) is 19.2 Å². The number of anilines is 1. The molecule has 3 N–H and O–H groups in total. The molecule has 5 nitrogen and oxygen atoms in total. The maximum Gasteiger partial charge on any atom is 0.279 e. The smallest absolute Gasteiger partial charge is 0.279 e. The molecule has 0 spiro atoms. The maximum atomic E-state index is 12.3. The molecule has 1 aliphatic heterocycles. The Morgan fingerprint density at radius 3 is 2.81 bits per heavy atom. The Labute approximate surface area is 151 Å². The van der Waals surface area contributed by atoms with Gasteiger partial charge in [0.05, 0.1) is 0 Å². The zero-order valence-electron chi connectivity index (χ0n) is 14.6. The van der Waals surface area contributed by atoms with Crippen LogP contribution in [0.15, 0.2) is 60.7 Å². The van der Waals surface area contributed by atoms with E-state index < -0.39 is 0 Å². The summed E-state index contributed by atoms with van der Waals surface area (Å²) in [4.78, 5) is 12.3. The molecular weight excluding hydrogens is 328 g/mol. The van der Waals surface area contributed by atoms with Gasteiger partial charge >= 0.3 is 0 Å². The highest BCUT2D eigenvalue weighted by atomic mass is 16.7. The molecule has 5 heteroatoms. The van der Waals surface area contributed by atoms with Crippen molar-refractivity contribution in [1.29, 1.82) is 0 Å². The molecule has 132 valence electrons. The fourth-order valence-electron chi connectivity index (χ4n) is 3.24. The van der Waals surface area contributed by atoms with Crippen LogP contribution in [0.25, 0.3) is 10.8 Å². The van der Waals surface area contributed by atoms with Crippen molar-refractivity contribution < 1.29 is 19.6 Å². The molecule has 1 aliphatic rings. The Morgan fingerprint density at radius 1 is 1.08 bits per heavy atom. The molecule has 1 amide bonds. The van der Waals surface area contributed by atoms with E-state index in [4.69, 9.17) is 9.47 Å². The first-order valence-electron chi connectivity index (χ1n) is 8.71. The first-order valence-corrected chi connectivity index (χ1v) is 8.71. The van der Waals surface area contributed by atoms with E-state index in [9.17, 15) is 4.79 Å². The minimum Gasteiger partial charge on any atom is -0.454 e. The molecule has 3 aromatic carbocycles. The lowest BCUT2D eigenvalue weighted by Crippen LogP contribution is -2.86. The highest BCUT2D eigenvalue weighted by molar-refractivity contribution is 5.91. The summed E-state index contributed by atoms with van der Waals surface area (Å²) in [6.07, 6.45) is 0. The van der Waals surface area contributed by atoms with Crippen LogP contribution >= 0.6 is 0 Å². The van der Waals surface area contributed by atoms with E-state index in [0.29, 0.717) is 23.7 Å².